The second-order valence-electron chi connectivity index (χ2n) is 5.13. The minimum atomic E-state index is -0.00417. The second-order valence-corrected chi connectivity index (χ2v) is 5.13. The Balaban J connectivity index is 3.95. The first-order valence-corrected chi connectivity index (χ1v) is 7.91. The topological polar surface area (TPSA) is 66.0 Å². The van der Waals surface area contributed by atoms with Gasteiger partial charge in [-0.25, -0.2) is 4.99 Å². The largest absolute Gasteiger partial charge is 0.381 e. The van der Waals surface area contributed by atoms with E-state index in [1.54, 1.807) is 19.0 Å². The smallest absolute Gasteiger partial charge is 0.243 e. The third kappa shape index (κ3) is 12.2. The van der Waals surface area contributed by atoms with Gasteiger partial charge in [0.05, 0.1) is 0 Å². The molecule has 0 aromatic rings. The quantitative estimate of drug-likeness (QED) is 0.342. The lowest BCUT2D eigenvalue weighted by atomic mass is 10.4. The van der Waals surface area contributed by atoms with E-state index in [0.29, 0.717) is 5.96 Å². The van der Waals surface area contributed by atoms with Gasteiger partial charge in [0.2, 0.25) is 5.91 Å². The summed E-state index contributed by atoms with van der Waals surface area (Å²) in [5, 5.41) is 6.43. The monoisotopic (exact) mass is 300 g/mol. The fourth-order valence-electron chi connectivity index (χ4n) is 1.44. The molecule has 1 amide bonds. The highest BCUT2D eigenvalue weighted by Crippen LogP contribution is 1.89. The molecule has 0 bridgehead atoms. The minimum Gasteiger partial charge on any atom is -0.381 e. The summed E-state index contributed by atoms with van der Waals surface area (Å²) in [4.78, 5) is 17.4. The molecule has 0 radical (unpaired) electrons. The SMILES string of the molecule is CCCCOCCCNC(=NCC(=O)N(C)C)NCCC. The van der Waals surface area contributed by atoms with Gasteiger partial charge < -0.3 is 20.3 Å². The molecule has 0 unspecified atom stereocenters. The first kappa shape index (κ1) is 19.7. The number of likely N-dealkylation sites (N-methyl/N-ethyl adjacent to an activating group) is 1. The Morgan fingerprint density at radius 2 is 1.71 bits per heavy atom. The van der Waals surface area contributed by atoms with E-state index in [-0.39, 0.29) is 12.5 Å². The molecular weight excluding hydrogens is 268 g/mol. The summed E-state index contributed by atoms with van der Waals surface area (Å²) in [5.74, 6) is 0.691. The van der Waals surface area contributed by atoms with Crippen LogP contribution in [-0.2, 0) is 9.53 Å². The number of amides is 1. The number of nitrogens with zero attached hydrogens (tertiary/aromatic N) is 2. The van der Waals surface area contributed by atoms with Gasteiger partial charge in [0.15, 0.2) is 5.96 Å². The van der Waals surface area contributed by atoms with Gasteiger partial charge in [0.1, 0.15) is 6.54 Å². The number of hydrogen-bond donors (Lipinski definition) is 2. The van der Waals surface area contributed by atoms with E-state index in [0.717, 1.165) is 52.0 Å². The Kier molecular flexibility index (Phi) is 12.8. The number of nitrogens with one attached hydrogen (secondary N) is 2. The lowest BCUT2D eigenvalue weighted by Crippen LogP contribution is -2.39. The Labute approximate surface area is 129 Å². The van der Waals surface area contributed by atoms with Crippen molar-refractivity contribution in [1.29, 1.82) is 0 Å². The molecule has 0 aromatic heterocycles. The maximum Gasteiger partial charge on any atom is 0.243 e. The van der Waals surface area contributed by atoms with Crippen molar-refractivity contribution in [3.05, 3.63) is 0 Å². The van der Waals surface area contributed by atoms with Crippen molar-refractivity contribution in [2.75, 3.05) is 46.9 Å². The molecule has 6 heteroatoms. The third-order valence-corrected chi connectivity index (χ3v) is 2.81. The Morgan fingerprint density at radius 3 is 2.33 bits per heavy atom. The van der Waals surface area contributed by atoms with Gasteiger partial charge in [-0.1, -0.05) is 20.3 Å². The van der Waals surface area contributed by atoms with Crippen molar-refractivity contribution in [3.63, 3.8) is 0 Å². The summed E-state index contributed by atoms with van der Waals surface area (Å²) in [5.41, 5.74) is 0. The zero-order valence-corrected chi connectivity index (χ0v) is 14.1. The second kappa shape index (κ2) is 13.7. The fraction of sp³-hybridized carbons (Fsp3) is 0.867. The molecule has 21 heavy (non-hydrogen) atoms. The van der Waals surface area contributed by atoms with Crippen LogP contribution >= 0.6 is 0 Å². The number of unbranched alkanes of at least 4 members (excludes halogenated alkanes) is 1. The maximum absolute atomic E-state index is 11.5. The summed E-state index contributed by atoms with van der Waals surface area (Å²) < 4.78 is 5.51. The van der Waals surface area contributed by atoms with Gasteiger partial charge in [-0.15, -0.1) is 0 Å². The maximum atomic E-state index is 11.5. The van der Waals surface area contributed by atoms with Crippen molar-refractivity contribution in [2.45, 2.75) is 39.5 Å². The van der Waals surface area contributed by atoms with E-state index in [1.165, 1.54) is 0 Å². The average molecular weight is 300 g/mol. The molecular formula is C15H32N4O2. The number of ether oxygens (including phenoxy) is 1. The van der Waals surface area contributed by atoms with Crippen LogP contribution in [0.2, 0.25) is 0 Å². The molecule has 0 aliphatic rings. The molecule has 2 N–H and O–H groups in total. The van der Waals surface area contributed by atoms with Crippen molar-refractivity contribution in [3.8, 4) is 0 Å². The molecule has 0 spiro atoms. The van der Waals surface area contributed by atoms with E-state index < -0.39 is 0 Å². The van der Waals surface area contributed by atoms with Crippen molar-refractivity contribution in [2.24, 2.45) is 4.99 Å². The van der Waals surface area contributed by atoms with Crippen LogP contribution < -0.4 is 10.6 Å². The summed E-state index contributed by atoms with van der Waals surface area (Å²) in [6.07, 6.45) is 4.22. The number of aliphatic imine (C=N–C) groups is 1. The Morgan fingerprint density at radius 1 is 1.05 bits per heavy atom. The lowest BCUT2D eigenvalue weighted by molar-refractivity contribution is -0.127. The van der Waals surface area contributed by atoms with Crippen LogP contribution in [0, 0.1) is 0 Å². The Bertz CT molecular complexity index is 293. The molecule has 0 saturated heterocycles. The number of carbonyl (C=O) groups excluding carboxylic acids is 1. The van der Waals surface area contributed by atoms with Crippen LogP contribution in [-0.4, -0.2) is 63.7 Å². The van der Waals surface area contributed by atoms with Crippen LogP contribution in [0.4, 0.5) is 0 Å². The van der Waals surface area contributed by atoms with E-state index >= 15 is 0 Å². The highest BCUT2D eigenvalue weighted by atomic mass is 16.5. The lowest BCUT2D eigenvalue weighted by Gasteiger charge is -2.13. The van der Waals surface area contributed by atoms with Gasteiger partial charge in [-0.2, -0.15) is 0 Å². The summed E-state index contributed by atoms with van der Waals surface area (Å²) >= 11 is 0. The molecule has 0 saturated carbocycles. The molecule has 0 aliphatic heterocycles. The van der Waals surface area contributed by atoms with E-state index in [9.17, 15) is 4.79 Å². The molecule has 0 aromatic carbocycles. The van der Waals surface area contributed by atoms with Crippen LogP contribution in [0.5, 0.6) is 0 Å². The van der Waals surface area contributed by atoms with Crippen LogP contribution in [0.3, 0.4) is 0 Å². The first-order chi connectivity index (χ1) is 10.1. The number of rotatable bonds is 11. The van der Waals surface area contributed by atoms with E-state index in [2.05, 4.69) is 29.5 Å². The molecule has 0 atom stereocenters. The standard InChI is InChI=1S/C15H32N4O2/c1-5-7-11-21-12-8-10-17-15(16-9-6-2)18-13-14(20)19(3)4/h5-13H2,1-4H3,(H2,16,17,18). The predicted octanol–water partition coefficient (Wildman–Crippen LogP) is 1.23. The van der Waals surface area contributed by atoms with Crippen molar-refractivity contribution in [1.82, 2.24) is 15.5 Å². The molecule has 6 nitrogen and oxygen atoms in total. The minimum absolute atomic E-state index is 0.00417. The zero-order chi connectivity index (χ0) is 15.9. The van der Waals surface area contributed by atoms with Gasteiger partial charge in [0, 0.05) is 40.4 Å². The highest BCUT2D eigenvalue weighted by Gasteiger charge is 2.03. The van der Waals surface area contributed by atoms with Crippen LogP contribution in [0.1, 0.15) is 39.5 Å². The number of carbonyl (C=O) groups is 1. The number of guanidine groups is 1. The van der Waals surface area contributed by atoms with Crippen molar-refractivity contribution < 1.29 is 9.53 Å². The van der Waals surface area contributed by atoms with Crippen molar-refractivity contribution >= 4 is 11.9 Å². The van der Waals surface area contributed by atoms with Crippen LogP contribution in [0.15, 0.2) is 4.99 Å². The van der Waals surface area contributed by atoms with E-state index in [1.807, 2.05) is 0 Å². The third-order valence-electron chi connectivity index (χ3n) is 2.81. The average Bonchev–Trinajstić information content (AvgIpc) is 2.47. The zero-order valence-electron chi connectivity index (χ0n) is 14.1. The molecule has 0 heterocycles. The highest BCUT2D eigenvalue weighted by molar-refractivity contribution is 5.84. The van der Waals surface area contributed by atoms with E-state index in [4.69, 9.17) is 4.74 Å². The molecule has 0 rings (SSSR count). The van der Waals surface area contributed by atoms with Gasteiger partial charge in [-0.05, 0) is 19.3 Å². The Hall–Kier alpha value is -1.30. The summed E-state index contributed by atoms with van der Waals surface area (Å²) in [7, 11) is 3.47. The number of hydrogen-bond acceptors (Lipinski definition) is 3. The summed E-state index contributed by atoms with van der Waals surface area (Å²) in [6.45, 7) is 7.64. The van der Waals surface area contributed by atoms with Crippen LogP contribution in [0.25, 0.3) is 0 Å². The summed E-state index contributed by atoms with van der Waals surface area (Å²) in [6, 6.07) is 0. The van der Waals surface area contributed by atoms with Gasteiger partial charge >= 0.3 is 0 Å². The predicted molar refractivity (Wildman–Crippen MR) is 87.6 cm³/mol. The normalized spacial score (nSPS) is 11.3. The molecule has 124 valence electrons. The fourth-order valence-corrected chi connectivity index (χ4v) is 1.44. The van der Waals surface area contributed by atoms with Gasteiger partial charge in [-0.3, -0.25) is 4.79 Å². The molecule has 0 aliphatic carbocycles. The first-order valence-electron chi connectivity index (χ1n) is 7.91. The van der Waals surface area contributed by atoms with Gasteiger partial charge in [0.25, 0.3) is 0 Å². The molecule has 0 fully saturated rings.